The molecule has 0 fully saturated rings. The van der Waals surface area contributed by atoms with Crippen molar-refractivity contribution in [3.63, 3.8) is 0 Å². The Hall–Kier alpha value is -0.120. The van der Waals surface area contributed by atoms with Crippen LogP contribution in [-0.4, -0.2) is 51.3 Å². The van der Waals surface area contributed by atoms with Crippen LogP contribution in [0.5, 0.6) is 0 Å². The van der Waals surface area contributed by atoms with Crippen molar-refractivity contribution < 1.29 is 4.74 Å². The second-order valence-corrected chi connectivity index (χ2v) is 3.70. The van der Waals surface area contributed by atoms with Crippen LogP contribution in [0.25, 0.3) is 0 Å². The van der Waals surface area contributed by atoms with E-state index in [9.17, 15) is 0 Å². The Morgan fingerprint density at radius 2 is 2.07 bits per heavy atom. The molecule has 0 rings (SSSR count). The zero-order valence-electron chi connectivity index (χ0n) is 10.2. The van der Waals surface area contributed by atoms with Gasteiger partial charge < -0.3 is 15.0 Å². The van der Waals surface area contributed by atoms with Crippen molar-refractivity contribution in [1.29, 1.82) is 0 Å². The molecule has 0 bridgehead atoms. The van der Waals surface area contributed by atoms with Crippen LogP contribution in [0.1, 0.15) is 26.7 Å². The Kier molecular flexibility index (Phi) is 9.35. The average molecular weight is 202 g/mol. The Balaban J connectivity index is 3.61. The summed E-state index contributed by atoms with van der Waals surface area (Å²) in [5, 5.41) is 3.40. The van der Waals surface area contributed by atoms with Gasteiger partial charge in [0.15, 0.2) is 0 Å². The van der Waals surface area contributed by atoms with E-state index in [2.05, 4.69) is 31.1 Å². The van der Waals surface area contributed by atoms with Gasteiger partial charge in [0.2, 0.25) is 0 Å². The summed E-state index contributed by atoms with van der Waals surface area (Å²) >= 11 is 0. The molecule has 3 heteroatoms. The van der Waals surface area contributed by atoms with Crippen molar-refractivity contribution in [2.24, 2.45) is 0 Å². The third-order valence-electron chi connectivity index (χ3n) is 2.58. The lowest BCUT2D eigenvalue weighted by atomic mass is 10.2. The summed E-state index contributed by atoms with van der Waals surface area (Å²) in [5.74, 6) is 0. The fraction of sp³-hybridized carbons (Fsp3) is 1.00. The van der Waals surface area contributed by atoms with Gasteiger partial charge in [0, 0.05) is 32.8 Å². The van der Waals surface area contributed by atoms with Gasteiger partial charge in [0.1, 0.15) is 0 Å². The Morgan fingerprint density at radius 3 is 2.57 bits per heavy atom. The van der Waals surface area contributed by atoms with E-state index < -0.39 is 0 Å². The second-order valence-electron chi connectivity index (χ2n) is 3.70. The quantitative estimate of drug-likeness (QED) is 0.571. The van der Waals surface area contributed by atoms with Gasteiger partial charge in [0.25, 0.3) is 0 Å². The van der Waals surface area contributed by atoms with Crippen LogP contribution in [-0.2, 0) is 4.74 Å². The lowest BCUT2D eigenvalue weighted by Crippen LogP contribution is -2.40. The number of nitrogens with one attached hydrogen (secondary N) is 1. The fourth-order valence-electron chi connectivity index (χ4n) is 1.56. The molecule has 0 radical (unpaired) electrons. The van der Waals surface area contributed by atoms with Crippen LogP contribution < -0.4 is 5.32 Å². The highest BCUT2D eigenvalue weighted by atomic mass is 16.5. The molecule has 0 aliphatic carbocycles. The number of nitrogens with zero attached hydrogens (tertiary/aromatic N) is 1. The molecule has 1 unspecified atom stereocenters. The minimum Gasteiger partial charge on any atom is -0.385 e. The highest BCUT2D eigenvalue weighted by Gasteiger charge is 2.10. The molecule has 0 saturated heterocycles. The smallest absolute Gasteiger partial charge is 0.0474 e. The van der Waals surface area contributed by atoms with Gasteiger partial charge in [-0.3, -0.25) is 0 Å². The maximum absolute atomic E-state index is 5.04. The zero-order valence-corrected chi connectivity index (χ0v) is 10.2. The number of methoxy groups -OCH3 is 1. The fourth-order valence-corrected chi connectivity index (χ4v) is 1.56. The number of likely N-dealkylation sites (N-methyl/N-ethyl adjacent to an activating group) is 2. The molecule has 0 aromatic heterocycles. The molecule has 0 amide bonds. The van der Waals surface area contributed by atoms with Gasteiger partial charge in [-0.1, -0.05) is 13.8 Å². The van der Waals surface area contributed by atoms with Crippen LogP contribution in [0.4, 0.5) is 0 Å². The van der Waals surface area contributed by atoms with E-state index in [0.717, 1.165) is 32.7 Å². The van der Waals surface area contributed by atoms with Gasteiger partial charge in [-0.15, -0.1) is 0 Å². The highest BCUT2D eigenvalue weighted by molar-refractivity contribution is 4.69. The Morgan fingerprint density at radius 1 is 1.36 bits per heavy atom. The maximum atomic E-state index is 5.04. The Bertz CT molecular complexity index is 120. The Labute approximate surface area is 88.8 Å². The number of rotatable bonds is 9. The monoisotopic (exact) mass is 202 g/mol. The zero-order chi connectivity index (χ0) is 10.8. The molecule has 0 spiro atoms. The van der Waals surface area contributed by atoms with Crippen molar-refractivity contribution in [3.05, 3.63) is 0 Å². The lowest BCUT2D eigenvalue weighted by molar-refractivity contribution is 0.162. The molecule has 0 aromatic carbocycles. The summed E-state index contributed by atoms with van der Waals surface area (Å²) < 4.78 is 5.04. The van der Waals surface area contributed by atoms with Crippen molar-refractivity contribution >= 4 is 0 Å². The standard InChI is InChI=1S/C11H26N2O/c1-5-11(10-12-6-2)13(3)8-7-9-14-4/h11-12H,5-10H2,1-4H3. The van der Waals surface area contributed by atoms with Crippen molar-refractivity contribution in [3.8, 4) is 0 Å². The number of hydrogen-bond donors (Lipinski definition) is 1. The van der Waals surface area contributed by atoms with E-state index >= 15 is 0 Å². The van der Waals surface area contributed by atoms with Crippen LogP contribution in [0.3, 0.4) is 0 Å². The van der Waals surface area contributed by atoms with Crippen LogP contribution in [0, 0.1) is 0 Å². The molecular weight excluding hydrogens is 176 g/mol. The lowest BCUT2D eigenvalue weighted by Gasteiger charge is -2.27. The molecule has 3 nitrogen and oxygen atoms in total. The predicted octanol–water partition coefficient (Wildman–Crippen LogP) is 1.34. The molecule has 0 aliphatic heterocycles. The molecule has 14 heavy (non-hydrogen) atoms. The molecular formula is C11H26N2O. The molecule has 0 heterocycles. The number of hydrogen-bond acceptors (Lipinski definition) is 3. The summed E-state index contributed by atoms with van der Waals surface area (Å²) in [6.45, 7) is 8.53. The first kappa shape index (κ1) is 13.9. The van der Waals surface area contributed by atoms with Crippen LogP contribution in [0.15, 0.2) is 0 Å². The molecule has 1 N–H and O–H groups in total. The normalized spacial score (nSPS) is 13.5. The third-order valence-corrected chi connectivity index (χ3v) is 2.58. The van der Waals surface area contributed by atoms with Crippen molar-refractivity contribution in [2.45, 2.75) is 32.7 Å². The van der Waals surface area contributed by atoms with Crippen LogP contribution in [0.2, 0.25) is 0 Å². The maximum Gasteiger partial charge on any atom is 0.0474 e. The van der Waals surface area contributed by atoms with Gasteiger partial charge >= 0.3 is 0 Å². The molecule has 86 valence electrons. The largest absolute Gasteiger partial charge is 0.385 e. The van der Waals surface area contributed by atoms with Crippen molar-refractivity contribution in [1.82, 2.24) is 10.2 Å². The van der Waals surface area contributed by atoms with Gasteiger partial charge in [0.05, 0.1) is 0 Å². The van der Waals surface area contributed by atoms with Gasteiger partial charge in [-0.25, -0.2) is 0 Å². The summed E-state index contributed by atoms with van der Waals surface area (Å²) in [6.07, 6.45) is 2.33. The summed E-state index contributed by atoms with van der Waals surface area (Å²) in [5.41, 5.74) is 0. The van der Waals surface area contributed by atoms with E-state index in [0.29, 0.717) is 6.04 Å². The first-order valence-corrected chi connectivity index (χ1v) is 5.66. The number of ether oxygens (including phenoxy) is 1. The van der Waals surface area contributed by atoms with E-state index in [1.165, 1.54) is 6.42 Å². The molecule has 0 aromatic rings. The van der Waals surface area contributed by atoms with Crippen LogP contribution >= 0.6 is 0 Å². The average Bonchev–Trinajstić information content (AvgIpc) is 2.19. The SMILES string of the molecule is CCNCC(CC)N(C)CCCOC. The first-order valence-electron chi connectivity index (χ1n) is 5.66. The van der Waals surface area contributed by atoms with E-state index in [1.54, 1.807) is 7.11 Å². The first-order chi connectivity index (χ1) is 6.76. The van der Waals surface area contributed by atoms with Gasteiger partial charge in [-0.2, -0.15) is 0 Å². The summed E-state index contributed by atoms with van der Waals surface area (Å²) in [6, 6.07) is 0.659. The van der Waals surface area contributed by atoms with E-state index in [-0.39, 0.29) is 0 Å². The van der Waals surface area contributed by atoms with Crippen molar-refractivity contribution in [2.75, 3.05) is 40.4 Å². The highest BCUT2D eigenvalue weighted by Crippen LogP contribution is 2.01. The third kappa shape index (κ3) is 6.35. The second kappa shape index (κ2) is 9.44. The molecule has 1 atom stereocenters. The van der Waals surface area contributed by atoms with Gasteiger partial charge in [-0.05, 0) is 26.4 Å². The van der Waals surface area contributed by atoms with E-state index in [4.69, 9.17) is 4.74 Å². The van der Waals surface area contributed by atoms with E-state index in [1.807, 2.05) is 0 Å². The summed E-state index contributed by atoms with van der Waals surface area (Å²) in [4.78, 5) is 2.42. The molecule has 0 saturated carbocycles. The minimum atomic E-state index is 0.659. The topological polar surface area (TPSA) is 24.5 Å². The predicted molar refractivity (Wildman–Crippen MR) is 61.7 cm³/mol. The summed E-state index contributed by atoms with van der Waals surface area (Å²) in [7, 11) is 3.96. The minimum absolute atomic E-state index is 0.659. The molecule has 0 aliphatic rings.